The van der Waals surface area contributed by atoms with Gasteiger partial charge in [-0.2, -0.15) is 0 Å². The third-order valence-corrected chi connectivity index (χ3v) is 9.47. The number of hydrogen-bond donors (Lipinski definition) is 10. The van der Waals surface area contributed by atoms with Crippen molar-refractivity contribution in [1.29, 1.82) is 0 Å². The number of carboxylic acids is 1. The number of aromatic carboxylic acids is 1. The van der Waals surface area contributed by atoms with Crippen molar-refractivity contribution in [2.45, 2.75) is 19.4 Å². The van der Waals surface area contributed by atoms with E-state index in [-0.39, 0.29) is 63.2 Å². The number of ether oxygens (including phenoxy) is 2. The van der Waals surface area contributed by atoms with Gasteiger partial charge in [0.25, 0.3) is 23.6 Å². The number of anilines is 4. The van der Waals surface area contributed by atoms with Crippen LogP contribution in [0, 0.1) is 0 Å². The van der Waals surface area contributed by atoms with Gasteiger partial charge in [0.05, 0.1) is 48.6 Å². The first-order valence-corrected chi connectivity index (χ1v) is 19.1. The van der Waals surface area contributed by atoms with Crippen LogP contribution in [0.4, 0.5) is 22.9 Å². The molecule has 0 spiro atoms. The lowest BCUT2D eigenvalue weighted by atomic mass is 10.1. The SMILES string of the molecule is COc1c(NC(=O)c2ccc(NC(=O)c3ccc(NC(=O)C(Cc4cnn[nH]4)NC(=O)c4ccc(NC(=O)/C(C)=C/c5ccc(O)cc5)nc4)cc3)c(OC)c2O)ccc(C(=O)O)c1O. The molecule has 0 aliphatic carbocycles. The van der Waals surface area contributed by atoms with E-state index in [2.05, 4.69) is 47.0 Å². The fourth-order valence-electron chi connectivity index (χ4n) is 6.12. The summed E-state index contributed by atoms with van der Waals surface area (Å²) in [5.41, 5.74) is 1.10. The van der Waals surface area contributed by atoms with Gasteiger partial charge in [0, 0.05) is 29.4 Å². The second-order valence-corrected chi connectivity index (χ2v) is 13.9. The van der Waals surface area contributed by atoms with Crippen molar-refractivity contribution in [3.05, 3.63) is 136 Å². The molecule has 4 aromatic carbocycles. The third-order valence-electron chi connectivity index (χ3n) is 9.47. The maximum absolute atomic E-state index is 13.6. The van der Waals surface area contributed by atoms with Crippen molar-refractivity contribution >= 4 is 64.5 Å². The minimum Gasteiger partial charge on any atom is -0.508 e. The number of carbonyl (C=O) groups is 6. The Morgan fingerprint density at radius 3 is 1.89 bits per heavy atom. The summed E-state index contributed by atoms with van der Waals surface area (Å²) in [6.45, 7) is 1.61. The van der Waals surface area contributed by atoms with Crippen molar-refractivity contribution in [1.82, 2.24) is 25.7 Å². The van der Waals surface area contributed by atoms with E-state index in [0.29, 0.717) is 16.8 Å². The quantitative estimate of drug-likeness (QED) is 0.0596. The number of nitrogens with one attached hydrogen (secondary N) is 6. The number of methoxy groups -OCH3 is 2. The number of aromatic amines is 1. The molecule has 10 N–H and O–H groups in total. The number of nitrogens with zero attached hydrogens (tertiary/aromatic N) is 3. The monoisotopic (exact) mass is 885 g/mol. The van der Waals surface area contributed by atoms with Crippen molar-refractivity contribution in [2.75, 3.05) is 35.5 Å². The Balaban J connectivity index is 1.08. The summed E-state index contributed by atoms with van der Waals surface area (Å²) in [5, 5.41) is 63.1. The van der Waals surface area contributed by atoms with Gasteiger partial charge in [0.1, 0.15) is 23.2 Å². The molecular formula is C44H39N9O12. The van der Waals surface area contributed by atoms with Gasteiger partial charge in [-0.05, 0) is 91.4 Å². The molecule has 1 unspecified atom stereocenters. The number of benzene rings is 4. The zero-order chi connectivity index (χ0) is 46.8. The molecule has 0 saturated carbocycles. The molecular weight excluding hydrogens is 847 g/mol. The minimum atomic E-state index is -1.42. The molecule has 1 atom stereocenters. The molecule has 6 rings (SSSR count). The van der Waals surface area contributed by atoms with Crippen molar-refractivity contribution < 1.29 is 58.7 Å². The van der Waals surface area contributed by atoms with Crippen LogP contribution in [0.25, 0.3) is 6.08 Å². The first-order chi connectivity index (χ1) is 31.1. The van der Waals surface area contributed by atoms with Gasteiger partial charge >= 0.3 is 5.97 Å². The van der Waals surface area contributed by atoms with Crippen molar-refractivity contribution in [2.24, 2.45) is 0 Å². The average molecular weight is 886 g/mol. The Bertz CT molecular complexity index is 2790. The fraction of sp³-hybridized carbons (Fsp3) is 0.114. The van der Waals surface area contributed by atoms with Gasteiger partial charge in [0.15, 0.2) is 23.0 Å². The summed E-state index contributed by atoms with van der Waals surface area (Å²) in [6.07, 6.45) is 4.22. The zero-order valence-electron chi connectivity index (χ0n) is 34.5. The highest BCUT2D eigenvalue weighted by atomic mass is 16.5. The lowest BCUT2D eigenvalue weighted by molar-refractivity contribution is -0.118. The van der Waals surface area contributed by atoms with E-state index in [9.17, 15) is 49.2 Å². The Kier molecular flexibility index (Phi) is 14.0. The summed E-state index contributed by atoms with van der Waals surface area (Å²) in [5.74, 6) is -6.39. The van der Waals surface area contributed by atoms with E-state index in [1.165, 1.54) is 86.2 Å². The van der Waals surface area contributed by atoms with Crippen LogP contribution in [0.15, 0.2) is 103 Å². The van der Waals surface area contributed by atoms with E-state index >= 15 is 0 Å². The van der Waals surface area contributed by atoms with Gasteiger partial charge in [0.2, 0.25) is 5.91 Å². The molecule has 332 valence electrons. The number of amides is 5. The molecule has 65 heavy (non-hydrogen) atoms. The fourth-order valence-corrected chi connectivity index (χ4v) is 6.12. The molecule has 0 aliphatic rings. The number of aromatic hydroxyl groups is 3. The molecule has 2 heterocycles. The second-order valence-electron chi connectivity index (χ2n) is 13.9. The lowest BCUT2D eigenvalue weighted by Crippen LogP contribution is -2.45. The molecule has 5 amide bonds. The molecule has 0 radical (unpaired) electrons. The number of carboxylic acid groups (broad SMARTS) is 1. The molecule has 0 bridgehead atoms. The van der Waals surface area contributed by atoms with Crippen LogP contribution < -0.4 is 36.1 Å². The van der Waals surface area contributed by atoms with Crippen LogP contribution in [0.5, 0.6) is 28.7 Å². The van der Waals surface area contributed by atoms with Gasteiger partial charge in [-0.15, -0.1) is 5.10 Å². The third kappa shape index (κ3) is 11.0. The van der Waals surface area contributed by atoms with Gasteiger partial charge in [-0.3, -0.25) is 29.1 Å². The largest absolute Gasteiger partial charge is 0.508 e. The Hall–Kier alpha value is -9.27. The van der Waals surface area contributed by atoms with Crippen LogP contribution in [0.2, 0.25) is 0 Å². The lowest BCUT2D eigenvalue weighted by Gasteiger charge is -2.18. The average Bonchev–Trinajstić information content (AvgIpc) is 3.80. The summed E-state index contributed by atoms with van der Waals surface area (Å²) < 4.78 is 10.4. The first-order valence-electron chi connectivity index (χ1n) is 19.1. The predicted octanol–water partition coefficient (Wildman–Crippen LogP) is 4.56. The topological polar surface area (TPSA) is 316 Å². The number of hydrogen-bond acceptors (Lipinski definition) is 14. The number of pyridine rings is 1. The maximum atomic E-state index is 13.6. The van der Waals surface area contributed by atoms with Gasteiger partial charge in [-0.25, -0.2) is 9.78 Å². The number of rotatable bonds is 16. The van der Waals surface area contributed by atoms with E-state index in [0.717, 1.165) is 13.2 Å². The Morgan fingerprint density at radius 2 is 1.31 bits per heavy atom. The maximum Gasteiger partial charge on any atom is 0.339 e. The molecule has 0 fully saturated rings. The number of phenols is 3. The highest BCUT2D eigenvalue weighted by Gasteiger charge is 2.26. The van der Waals surface area contributed by atoms with Gasteiger partial charge < -0.3 is 56.5 Å². The summed E-state index contributed by atoms with van der Waals surface area (Å²) in [6, 6.07) is 18.4. The molecule has 6 aromatic rings. The van der Waals surface area contributed by atoms with Crippen LogP contribution >= 0.6 is 0 Å². The number of phenolic OH excluding ortho intramolecular Hbond substituents is 2. The summed E-state index contributed by atoms with van der Waals surface area (Å²) >= 11 is 0. The standard InChI is InChI=1S/C44H39N9O12/c1-22(18-23-4-11-28(54)12-5-23)39(57)51-34-17-8-25(20-45-34)41(59)50-33(19-27-21-46-53-52-27)43(61)47-26-9-6-24(7-10-26)40(58)48-31-15-13-29(35(55)37(31)64-2)42(60)49-32-16-14-30(44(62)63)36(56)38(32)65-3/h4-18,20-21,33,54-56H,19H2,1-3H3,(H,47,61)(H,48,58)(H,49,60)(H,50,59)(H,62,63)(H,45,51,57)(H,46,52,53)/b22-18+. The number of aromatic nitrogens is 4. The minimum absolute atomic E-state index is 0.0133. The molecule has 0 saturated heterocycles. The molecule has 21 heteroatoms. The van der Waals surface area contributed by atoms with Crippen LogP contribution in [0.1, 0.15) is 59.6 Å². The van der Waals surface area contributed by atoms with Crippen LogP contribution in [0.3, 0.4) is 0 Å². The molecule has 21 nitrogen and oxygen atoms in total. The van der Waals surface area contributed by atoms with Crippen LogP contribution in [-0.4, -0.2) is 96.6 Å². The normalized spacial score (nSPS) is 11.4. The highest BCUT2D eigenvalue weighted by molar-refractivity contribution is 6.11. The predicted molar refractivity (Wildman–Crippen MR) is 233 cm³/mol. The van der Waals surface area contributed by atoms with Crippen LogP contribution in [-0.2, 0) is 16.0 Å². The number of H-pyrrole nitrogens is 1. The smallest absolute Gasteiger partial charge is 0.339 e. The summed E-state index contributed by atoms with van der Waals surface area (Å²) in [4.78, 5) is 81.6. The second kappa shape index (κ2) is 20.1. The molecule has 0 aliphatic heterocycles. The van der Waals surface area contributed by atoms with Gasteiger partial charge in [-0.1, -0.05) is 17.3 Å². The Labute approximate surface area is 368 Å². The highest BCUT2D eigenvalue weighted by Crippen LogP contribution is 2.40. The molecule has 2 aromatic heterocycles. The van der Waals surface area contributed by atoms with E-state index in [1.54, 1.807) is 25.1 Å². The van der Waals surface area contributed by atoms with E-state index in [4.69, 9.17) is 9.47 Å². The van der Waals surface area contributed by atoms with E-state index < -0.39 is 58.6 Å². The zero-order valence-corrected chi connectivity index (χ0v) is 34.5. The first kappa shape index (κ1) is 45.3. The summed E-state index contributed by atoms with van der Waals surface area (Å²) in [7, 11) is 2.36. The van der Waals surface area contributed by atoms with Crippen molar-refractivity contribution in [3.8, 4) is 28.7 Å². The number of carbonyl (C=O) groups excluding carboxylic acids is 5. The Morgan fingerprint density at radius 1 is 0.692 bits per heavy atom. The van der Waals surface area contributed by atoms with Crippen molar-refractivity contribution in [3.63, 3.8) is 0 Å². The van der Waals surface area contributed by atoms with E-state index in [1.807, 2.05) is 0 Å².